The van der Waals surface area contributed by atoms with E-state index in [4.69, 9.17) is 4.74 Å². The van der Waals surface area contributed by atoms with Crippen molar-refractivity contribution < 1.29 is 9.13 Å². The highest BCUT2D eigenvalue weighted by atomic mass is 79.9. The van der Waals surface area contributed by atoms with Crippen LogP contribution in [0.3, 0.4) is 0 Å². The van der Waals surface area contributed by atoms with Crippen molar-refractivity contribution in [3.63, 3.8) is 0 Å². The Bertz CT molecular complexity index is 910. The van der Waals surface area contributed by atoms with E-state index in [2.05, 4.69) is 50.9 Å². The molecule has 0 unspecified atom stereocenters. The highest BCUT2D eigenvalue weighted by Gasteiger charge is 2.16. The first-order valence-corrected chi connectivity index (χ1v) is 12.8. The lowest BCUT2D eigenvalue weighted by molar-refractivity contribution is 0.287. The fourth-order valence-electron chi connectivity index (χ4n) is 2.47. The van der Waals surface area contributed by atoms with Gasteiger partial charge in [-0.25, -0.2) is 14.1 Å². The second kappa shape index (κ2) is 7.67. The van der Waals surface area contributed by atoms with E-state index < -0.39 is 8.07 Å². The van der Waals surface area contributed by atoms with Crippen molar-refractivity contribution in [3.8, 4) is 11.6 Å². The molecule has 0 aliphatic rings. The van der Waals surface area contributed by atoms with Crippen LogP contribution in [-0.4, -0.2) is 28.1 Å². The maximum atomic E-state index is 14.4. The van der Waals surface area contributed by atoms with Crippen molar-refractivity contribution >= 4 is 24.0 Å². The molecule has 136 valence electrons. The van der Waals surface area contributed by atoms with Gasteiger partial charge in [-0.3, -0.25) is 0 Å². The number of rotatable bonds is 6. The van der Waals surface area contributed by atoms with E-state index in [1.807, 2.05) is 18.3 Å². The molecule has 3 aromatic rings. The number of ether oxygens (including phenoxy) is 1. The van der Waals surface area contributed by atoms with Crippen LogP contribution < -0.4 is 4.74 Å². The molecule has 0 bridgehead atoms. The van der Waals surface area contributed by atoms with Gasteiger partial charge in [0.15, 0.2) is 0 Å². The van der Waals surface area contributed by atoms with Gasteiger partial charge in [-0.2, -0.15) is 0 Å². The summed E-state index contributed by atoms with van der Waals surface area (Å²) >= 11 is 3.28. The lowest BCUT2D eigenvalue weighted by Crippen LogP contribution is -2.24. The van der Waals surface area contributed by atoms with Gasteiger partial charge in [-0.05, 0) is 34.1 Å². The molecule has 0 spiro atoms. The van der Waals surface area contributed by atoms with E-state index in [0.29, 0.717) is 21.7 Å². The molecule has 0 aliphatic carbocycles. The molecule has 26 heavy (non-hydrogen) atoms. The molecule has 2 heterocycles. The number of hydrogen-bond acceptors (Lipinski definition) is 4. The minimum absolute atomic E-state index is 0.105. The Morgan fingerprint density at radius 1 is 1.19 bits per heavy atom. The summed E-state index contributed by atoms with van der Waals surface area (Å²) in [7, 11) is -1.27. The van der Waals surface area contributed by atoms with Crippen LogP contribution in [0.25, 0.3) is 5.69 Å². The molecule has 1 aromatic carbocycles. The van der Waals surface area contributed by atoms with Crippen LogP contribution in [0.5, 0.6) is 5.88 Å². The monoisotopic (exact) mass is 434 g/mol. The van der Waals surface area contributed by atoms with E-state index in [1.165, 1.54) is 6.07 Å². The molecule has 0 fully saturated rings. The van der Waals surface area contributed by atoms with E-state index in [1.54, 1.807) is 22.9 Å². The second-order valence-corrected chi connectivity index (χ2v) is 13.5. The zero-order chi connectivity index (χ0) is 18.7. The quantitative estimate of drug-likeness (QED) is 0.421. The maximum absolute atomic E-state index is 14.4. The van der Waals surface area contributed by atoms with Crippen LogP contribution in [0.2, 0.25) is 19.6 Å². The van der Waals surface area contributed by atoms with Crippen LogP contribution in [0.1, 0.15) is 11.3 Å². The lowest BCUT2D eigenvalue weighted by Gasteiger charge is -2.12. The normalized spacial score (nSPS) is 11.6. The first-order valence-electron chi connectivity index (χ1n) is 8.25. The average Bonchev–Trinajstić information content (AvgIpc) is 3.00. The molecule has 0 amide bonds. The topological polar surface area (TPSA) is 52.8 Å². The van der Waals surface area contributed by atoms with E-state index in [9.17, 15) is 4.39 Å². The highest BCUT2D eigenvalue weighted by molar-refractivity contribution is 9.10. The predicted octanol–water partition coefficient (Wildman–Crippen LogP) is 4.56. The molecule has 0 atom stereocenters. The largest absolute Gasteiger partial charge is 0.473 e. The van der Waals surface area contributed by atoms with Crippen molar-refractivity contribution in [1.82, 2.24) is 20.0 Å². The average molecular weight is 435 g/mol. The minimum Gasteiger partial charge on any atom is -0.473 e. The van der Waals surface area contributed by atoms with Crippen molar-refractivity contribution in [2.45, 2.75) is 32.3 Å². The number of aromatic nitrogens is 4. The number of hydrogen-bond donors (Lipinski definition) is 0. The van der Waals surface area contributed by atoms with Crippen molar-refractivity contribution in [3.05, 3.63) is 64.3 Å². The van der Waals surface area contributed by atoms with E-state index in [-0.39, 0.29) is 12.4 Å². The summed E-state index contributed by atoms with van der Waals surface area (Å²) in [5.41, 5.74) is 2.04. The van der Waals surface area contributed by atoms with Gasteiger partial charge in [0.25, 0.3) is 0 Å². The molecule has 8 heteroatoms. The summed E-state index contributed by atoms with van der Waals surface area (Å²) in [5.74, 6) is 0.0925. The maximum Gasteiger partial charge on any atom is 0.214 e. The number of benzene rings is 1. The fraction of sp³-hybridized carbons (Fsp3) is 0.278. The third kappa shape index (κ3) is 4.98. The molecule has 0 saturated carbocycles. The number of halogens is 2. The molecular formula is C18H20BrFN4OSi. The summed E-state index contributed by atoms with van der Waals surface area (Å²) in [6.07, 6.45) is 1.87. The van der Waals surface area contributed by atoms with Gasteiger partial charge in [0.1, 0.15) is 17.0 Å². The number of nitrogens with zero attached hydrogens (tertiary/aromatic N) is 4. The van der Waals surface area contributed by atoms with Crippen LogP contribution >= 0.6 is 15.9 Å². The SMILES string of the molecule is C[Si](C)(C)Cc1cn(-c2ccc(COc3cccc(Br)n3)c(F)c2)nn1. The third-order valence-corrected chi connectivity index (χ3v) is 5.48. The smallest absolute Gasteiger partial charge is 0.214 e. The van der Waals surface area contributed by atoms with Crippen LogP contribution in [0, 0.1) is 5.82 Å². The molecule has 0 N–H and O–H groups in total. The van der Waals surface area contributed by atoms with Gasteiger partial charge in [0.05, 0.1) is 25.7 Å². The summed E-state index contributed by atoms with van der Waals surface area (Å²) < 4.78 is 22.3. The standard InChI is InChI=1S/C18H20BrFN4OSi/c1-26(2,3)12-14-10-24(23-22-14)15-8-7-13(16(20)9-15)11-25-18-6-4-5-17(19)21-18/h4-10H,11-12H2,1-3H3. The summed E-state index contributed by atoms with van der Waals surface area (Å²) in [6, 6.07) is 11.2. The predicted molar refractivity (Wildman–Crippen MR) is 105 cm³/mol. The molecular weight excluding hydrogens is 415 g/mol. The Morgan fingerprint density at radius 3 is 2.69 bits per heavy atom. The Labute approximate surface area is 161 Å². The molecule has 2 aromatic heterocycles. The van der Waals surface area contributed by atoms with Gasteiger partial charge in [0.2, 0.25) is 5.88 Å². The zero-order valence-electron chi connectivity index (χ0n) is 14.9. The lowest BCUT2D eigenvalue weighted by atomic mass is 10.2. The first kappa shape index (κ1) is 18.7. The Balaban J connectivity index is 1.71. The van der Waals surface area contributed by atoms with Gasteiger partial charge in [0, 0.05) is 17.7 Å². The highest BCUT2D eigenvalue weighted by Crippen LogP contribution is 2.18. The first-order chi connectivity index (χ1) is 12.3. The molecule has 5 nitrogen and oxygen atoms in total. The Hall–Kier alpha value is -2.06. The summed E-state index contributed by atoms with van der Waals surface area (Å²) in [6.45, 7) is 6.94. The summed E-state index contributed by atoms with van der Waals surface area (Å²) in [5, 5.41) is 8.32. The molecule has 3 rings (SSSR count). The van der Waals surface area contributed by atoms with E-state index in [0.717, 1.165) is 11.7 Å². The van der Waals surface area contributed by atoms with Crippen molar-refractivity contribution in [1.29, 1.82) is 0 Å². The van der Waals surface area contributed by atoms with Gasteiger partial charge in [-0.1, -0.05) is 37.0 Å². The Morgan fingerprint density at radius 2 is 2.00 bits per heavy atom. The van der Waals surface area contributed by atoms with Crippen molar-refractivity contribution in [2.24, 2.45) is 0 Å². The summed E-state index contributed by atoms with van der Waals surface area (Å²) in [4.78, 5) is 4.17. The number of pyridine rings is 1. The zero-order valence-corrected chi connectivity index (χ0v) is 17.5. The fourth-order valence-corrected chi connectivity index (χ4v) is 4.04. The minimum atomic E-state index is -1.27. The van der Waals surface area contributed by atoms with Crippen LogP contribution in [-0.2, 0) is 12.7 Å². The van der Waals surface area contributed by atoms with Gasteiger partial charge >= 0.3 is 0 Å². The molecule has 0 aliphatic heterocycles. The van der Waals surface area contributed by atoms with Crippen LogP contribution in [0.15, 0.2) is 47.2 Å². The van der Waals surface area contributed by atoms with Gasteiger partial charge < -0.3 is 4.74 Å². The van der Waals surface area contributed by atoms with E-state index >= 15 is 0 Å². The van der Waals surface area contributed by atoms with Crippen molar-refractivity contribution in [2.75, 3.05) is 0 Å². The van der Waals surface area contributed by atoms with Crippen LogP contribution in [0.4, 0.5) is 4.39 Å². The Kier molecular flexibility index (Phi) is 5.52. The molecule has 0 saturated heterocycles. The third-order valence-electron chi connectivity index (χ3n) is 3.62. The van der Waals surface area contributed by atoms with Gasteiger partial charge in [-0.15, -0.1) is 5.10 Å². The molecule has 0 radical (unpaired) electrons. The second-order valence-electron chi connectivity index (χ2n) is 7.25.